The third-order valence-corrected chi connectivity index (χ3v) is 4.13. The third kappa shape index (κ3) is 2.57. The number of allylic oxidation sites excluding steroid dienone is 4. The summed E-state index contributed by atoms with van der Waals surface area (Å²) in [5.74, 6) is 0.770. The maximum Gasteiger partial charge on any atom is 0.0920 e. The standard InChI is InChI=1S/C15H24O/c1-11(2)6-5-7-12(3)13-8-9-15(4)14(10-13)16-15/h6-7,13-14H,5,8-10H2,1-4H3/t13-,14-,15+/m0/s1. The Morgan fingerprint density at radius 1 is 1.31 bits per heavy atom. The van der Waals surface area contributed by atoms with E-state index in [-0.39, 0.29) is 5.60 Å². The zero-order chi connectivity index (χ0) is 11.8. The molecule has 90 valence electrons. The molecule has 1 saturated heterocycles. The lowest BCUT2D eigenvalue weighted by Gasteiger charge is -2.23. The molecule has 1 heterocycles. The molecule has 1 nitrogen and oxygen atoms in total. The summed E-state index contributed by atoms with van der Waals surface area (Å²) >= 11 is 0. The maximum atomic E-state index is 5.75. The smallest absolute Gasteiger partial charge is 0.0920 e. The second-order valence-electron chi connectivity index (χ2n) is 5.86. The number of ether oxygens (including phenoxy) is 1. The van der Waals surface area contributed by atoms with Crippen LogP contribution in [0.4, 0.5) is 0 Å². The fourth-order valence-electron chi connectivity index (χ4n) is 2.71. The third-order valence-electron chi connectivity index (χ3n) is 4.13. The van der Waals surface area contributed by atoms with E-state index in [0.29, 0.717) is 6.10 Å². The van der Waals surface area contributed by atoms with Crippen LogP contribution < -0.4 is 0 Å². The lowest BCUT2D eigenvalue weighted by molar-refractivity contribution is 0.303. The Morgan fingerprint density at radius 2 is 2.06 bits per heavy atom. The minimum absolute atomic E-state index is 0.261. The van der Waals surface area contributed by atoms with E-state index in [1.807, 2.05) is 0 Å². The van der Waals surface area contributed by atoms with E-state index in [9.17, 15) is 0 Å². The van der Waals surface area contributed by atoms with Gasteiger partial charge in [-0.25, -0.2) is 0 Å². The average Bonchev–Trinajstić information content (AvgIpc) is 2.87. The molecular formula is C15H24O. The maximum absolute atomic E-state index is 5.75. The van der Waals surface area contributed by atoms with Crippen molar-refractivity contribution in [1.82, 2.24) is 0 Å². The van der Waals surface area contributed by atoms with Crippen molar-refractivity contribution in [1.29, 1.82) is 0 Å². The van der Waals surface area contributed by atoms with Crippen LogP contribution in [0, 0.1) is 5.92 Å². The van der Waals surface area contributed by atoms with Crippen molar-refractivity contribution in [3.8, 4) is 0 Å². The summed E-state index contributed by atoms with van der Waals surface area (Å²) < 4.78 is 5.75. The highest BCUT2D eigenvalue weighted by atomic mass is 16.6. The predicted octanol–water partition coefficient (Wildman–Crippen LogP) is 4.25. The van der Waals surface area contributed by atoms with E-state index in [0.717, 1.165) is 12.3 Å². The Kier molecular flexibility index (Phi) is 3.25. The fourth-order valence-corrected chi connectivity index (χ4v) is 2.71. The minimum atomic E-state index is 0.261. The number of rotatable bonds is 3. The zero-order valence-corrected chi connectivity index (χ0v) is 11.0. The first kappa shape index (κ1) is 11.9. The van der Waals surface area contributed by atoms with Crippen LogP contribution in [0.3, 0.4) is 0 Å². The summed E-state index contributed by atoms with van der Waals surface area (Å²) in [7, 11) is 0. The lowest BCUT2D eigenvalue weighted by Crippen LogP contribution is -2.21. The van der Waals surface area contributed by atoms with Gasteiger partial charge in [-0.1, -0.05) is 23.3 Å². The fraction of sp³-hybridized carbons (Fsp3) is 0.733. The number of epoxide rings is 1. The molecule has 0 amide bonds. The Hall–Kier alpha value is -0.560. The average molecular weight is 220 g/mol. The summed E-state index contributed by atoms with van der Waals surface area (Å²) in [5.41, 5.74) is 3.23. The summed E-state index contributed by atoms with van der Waals surface area (Å²) in [4.78, 5) is 0. The molecule has 0 N–H and O–H groups in total. The van der Waals surface area contributed by atoms with Gasteiger partial charge in [0.2, 0.25) is 0 Å². The molecule has 0 aromatic rings. The van der Waals surface area contributed by atoms with Gasteiger partial charge in [0, 0.05) is 0 Å². The number of fused-ring (bicyclic) bond motifs is 1. The van der Waals surface area contributed by atoms with Gasteiger partial charge in [-0.2, -0.15) is 0 Å². The van der Waals surface area contributed by atoms with Crippen molar-refractivity contribution >= 4 is 0 Å². The van der Waals surface area contributed by atoms with Crippen LogP contribution in [0.2, 0.25) is 0 Å². The Bertz CT molecular complexity index is 322. The molecule has 0 radical (unpaired) electrons. The van der Waals surface area contributed by atoms with E-state index in [4.69, 9.17) is 4.74 Å². The normalized spacial score (nSPS) is 37.9. The summed E-state index contributed by atoms with van der Waals surface area (Å²) in [6.45, 7) is 8.87. The molecule has 2 aliphatic rings. The lowest BCUT2D eigenvalue weighted by atomic mass is 9.79. The van der Waals surface area contributed by atoms with Gasteiger partial charge >= 0.3 is 0 Å². The van der Waals surface area contributed by atoms with Gasteiger partial charge in [-0.15, -0.1) is 0 Å². The molecule has 1 saturated carbocycles. The minimum Gasteiger partial charge on any atom is -0.366 e. The SMILES string of the molecule is CC(C)=CCC=C(C)[C@H]1CC[C@@]2(C)O[C@H]2C1. The molecule has 3 atom stereocenters. The predicted molar refractivity (Wildman–Crippen MR) is 68.4 cm³/mol. The molecule has 1 aliphatic carbocycles. The van der Waals surface area contributed by atoms with Crippen molar-refractivity contribution in [2.24, 2.45) is 5.92 Å². The Morgan fingerprint density at radius 3 is 2.69 bits per heavy atom. The van der Waals surface area contributed by atoms with Crippen molar-refractivity contribution in [3.05, 3.63) is 23.3 Å². The Balaban J connectivity index is 1.86. The first-order valence-electron chi connectivity index (χ1n) is 6.49. The first-order chi connectivity index (χ1) is 7.51. The van der Waals surface area contributed by atoms with Gasteiger partial charge in [-0.3, -0.25) is 0 Å². The molecule has 0 spiro atoms. The number of hydrogen-bond acceptors (Lipinski definition) is 1. The molecule has 0 bridgehead atoms. The quantitative estimate of drug-likeness (QED) is 0.512. The summed E-state index contributed by atoms with van der Waals surface area (Å²) in [5, 5.41) is 0. The summed E-state index contributed by atoms with van der Waals surface area (Å²) in [6, 6.07) is 0. The van der Waals surface area contributed by atoms with E-state index in [1.54, 1.807) is 5.57 Å². The van der Waals surface area contributed by atoms with Gasteiger partial charge < -0.3 is 4.74 Å². The van der Waals surface area contributed by atoms with Crippen molar-refractivity contribution in [3.63, 3.8) is 0 Å². The van der Waals surface area contributed by atoms with Gasteiger partial charge in [0.1, 0.15) is 0 Å². The van der Waals surface area contributed by atoms with Crippen LogP contribution in [-0.4, -0.2) is 11.7 Å². The molecule has 2 rings (SSSR count). The van der Waals surface area contributed by atoms with Crippen LogP contribution in [-0.2, 0) is 4.74 Å². The molecule has 16 heavy (non-hydrogen) atoms. The molecular weight excluding hydrogens is 196 g/mol. The molecule has 0 unspecified atom stereocenters. The van der Waals surface area contributed by atoms with Crippen molar-refractivity contribution in [2.45, 2.75) is 65.1 Å². The zero-order valence-electron chi connectivity index (χ0n) is 11.0. The topological polar surface area (TPSA) is 12.5 Å². The highest BCUT2D eigenvalue weighted by Crippen LogP contribution is 2.50. The second-order valence-corrected chi connectivity index (χ2v) is 5.86. The largest absolute Gasteiger partial charge is 0.366 e. The van der Waals surface area contributed by atoms with Gasteiger partial charge in [0.05, 0.1) is 11.7 Å². The van der Waals surface area contributed by atoms with Crippen LogP contribution >= 0.6 is 0 Å². The highest BCUT2D eigenvalue weighted by molar-refractivity contribution is 5.14. The van der Waals surface area contributed by atoms with Crippen LogP contribution in [0.25, 0.3) is 0 Å². The molecule has 0 aromatic carbocycles. The molecule has 1 aliphatic heterocycles. The van der Waals surface area contributed by atoms with Gasteiger partial charge in [0.25, 0.3) is 0 Å². The monoisotopic (exact) mass is 220 g/mol. The van der Waals surface area contributed by atoms with Crippen molar-refractivity contribution in [2.75, 3.05) is 0 Å². The van der Waals surface area contributed by atoms with E-state index < -0.39 is 0 Å². The second kappa shape index (κ2) is 4.37. The summed E-state index contributed by atoms with van der Waals surface area (Å²) in [6.07, 6.45) is 10.1. The van der Waals surface area contributed by atoms with Crippen LogP contribution in [0.1, 0.15) is 53.4 Å². The van der Waals surface area contributed by atoms with E-state index in [2.05, 4.69) is 39.8 Å². The number of hydrogen-bond donors (Lipinski definition) is 0. The van der Waals surface area contributed by atoms with Gasteiger partial charge in [0.15, 0.2) is 0 Å². The first-order valence-corrected chi connectivity index (χ1v) is 6.49. The molecule has 1 heteroatoms. The van der Waals surface area contributed by atoms with E-state index >= 15 is 0 Å². The van der Waals surface area contributed by atoms with Crippen LogP contribution in [0.5, 0.6) is 0 Å². The van der Waals surface area contributed by atoms with Gasteiger partial charge in [-0.05, 0) is 59.3 Å². The Labute approximate surface area is 99.6 Å². The highest BCUT2D eigenvalue weighted by Gasteiger charge is 2.55. The van der Waals surface area contributed by atoms with Crippen molar-refractivity contribution < 1.29 is 4.74 Å². The molecule has 0 aromatic heterocycles. The van der Waals surface area contributed by atoms with Crippen LogP contribution in [0.15, 0.2) is 23.3 Å². The molecule has 2 fully saturated rings. The van der Waals surface area contributed by atoms with E-state index in [1.165, 1.54) is 24.8 Å².